The smallest absolute Gasteiger partial charge is 0.231 e. The molecule has 2 rings (SSSR count). The van der Waals surface area contributed by atoms with E-state index in [-0.39, 0.29) is 18.6 Å². The average Bonchev–Trinajstić information content (AvgIpc) is 3.04. The third kappa shape index (κ3) is 5.55. The predicted molar refractivity (Wildman–Crippen MR) is 97.9 cm³/mol. The molecule has 0 fully saturated rings. The highest BCUT2D eigenvalue weighted by Gasteiger charge is 2.14. The van der Waals surface area contributed by atoms with Crippen LogP contribution in [0.1, 0.15) is 26.3 Å². The number of hydrogen-bond acceptors (Lipinski definition) is 4. The zero-order chi connectivity index (χ0) is 18.2. The summed E-state index contributed by atoms with van der Waals surface area (Å²) in [6.45, 7) is 8.61. The van der Waals surface area contributed by atoms with Gasteiger partial charge < -0.3 is 25.0 Å². The van der Waals surface area contributed by atoms with Crippen molar-refractivity contribution in [2.45, 2.75) is 27.3 Å². The number of hydrogen-bond donors (Lipinski definition) is 2. The summed E-state index contributed by atoms with van der Waals surface area (Å²) in [5.41, 5.74) is 1.12. The fraction of sp³-hybridized carbons (Fsp3) is 0.556. The second-order valence-corrected chi connectivity index (χ2v) is 6.23. The molecule has 138 valence electrons. The van der Waals surface area contributed by atoms with Crippen molar-refractivity contribution < 1.29 is 14.3 Å². The van der Waals surface area contributed by atoms with E-state index in [2.05, 4.69) is 15.6 Å². The molecule has 1 aliphatic heterocycles. The van der Waals surface area contributed by atoms with Gasteiger partial charge in [0.15, 0.2) is 17.5 Å². The van der Waals surface area contributed by atoms with Crippen LogP contribution in [-0.4, -0.2) is 50.2 Å². The van der Waals surface area contributed by atoms with Gasteiger partial charge in [-0.15, -0.1) is 0 Å². The minimum absolute atomic E-state index is 0.00843. The number of amides is 1. The van der Waals surface area contributed by atoms with E-state index >= 15 is 0 Å². The fourth-order valence-corrected chi connectivity index (χ4v) is 2.40. The number of carbonyl (C=O) groups is 1. The van der Waals surface area contributed by atoms with Gasteiger partial charge in [-0.1, -0.05) is 19.9 Å². The summed E-state index contributed by atoms with van der Waals surface area (Å²) in [7, 11) is 1.98. The number of aliphatic imine (C=N–C) groups is 1. The highest BCUT2D eigenvalue weighted by molar-refractivity contribution is 5.80. The number of fused-ring (bicyclic) bond motifs is 1. The maximum absolute atomic E-state index is 11.6. The Balaban J connectivity index is 1.91. The molecule has 0 radical (unpaired) electrons. The van der Waals surface area contributed by atoms with Crippen molar-refractivity contribution in [1.82, 2.24) is 15.5 Å². The average molecular weight is 348 g/mol. The van der Waals surface area contributed by atoms with Crippen LogP contribution < -0.4 is 20.1 Å². The lowest BCUT2D eigenvalue weighted by Gasteiger charge is -2.22. The van der Waals surface area contributed by atoms with Crippen LogP contribution in [0.5, 0.6) is 11.5 Å². The summed E-state index contributed by atoms with van der Waals surface area (Å²) in [6.07, 6.45) is 0. The van der Waals surface area contributed by atoms with E-state index in [1.807, 2.05) is 50.9 Å². The van der Waals surface area contributed by atoms with Crippen molar-refractivity contribution in [2.75, 3.05) is 33.5 Å². The number of rotatable bonds is 7. The van der Waals surface area contributed by atoms with Crippen LogP contribution >= 0.6 is 0 Å². The topological polar surface area (TPSA) is 75.2 Å². The Kier molecular flexibility index (Phi) is 6.91. The molecule has 0 spiro atoms. The molecule has 0 saturated carbocycles. The lowest BCUT2D eigenvalue weighted by molar-refractivity contribution is -0.123. The van der Waals surface area contributed by atoms with Crippen LogP contribution in [-0.2, 0) is 11.3 Å². The lowest BCUT2D eigenvalue weighted by Crippen LogP contribution is -2.39. The number of ether oxygens (including phenoxy) is 2. The molecule has 0 unspecified atom stereocenters. The molecule has 2 N–H and O–H groups in total. The summed E-state index contributed by atoms with van der Waals surface area (Å²) >= 11 is 0. The molecule has 1 aliphatic rings. The molecule has 25 heavy (non-hydrogen) atoms. The largest absolute Gasteiger partial charge is 0.454 e. The van der Waals surface area contributed by atoms with Gasteiger partial charge in [-0.2, -0.15) is 0 Å². The van der Waals surface area contributed by atoms with Crippen LogP contribution in [0.15, 0.2) is 23.2 Å². The Morgan fingerprint density at radius 2 is 2.04 bits per heavy atom. The Morgan fingerprint density at radius 1 is 1.28 bits per heavy atom. The first-order valence-electron chi connectivity index (χ1n) is 8.67. The van der Waals surface area contributed by atoms with Gasteiger partial charge in [0.1, 0.15) is 0 Å². The number of nitrogens with one attached hydrogen (secondary N) is 2. The molecular weight excluding hydrogens is 320 g/mol. The van der Waals surface area contributed by atoms with Crippen molar-refractivity contribution >= 4 is 11.9 Å². The summed E-state index contributed by atoms with van der Waals surface area (Å²) in [4.78, 5) is 18.2. The number of benzene rings is 1. The highest BCUT2D eigenvalue weighted by Crippen LogP contribution is 2.32. The van der Waals surface area contributed by atoms with Crippen molar-refractivity contribution in [3.63, 3.8) is 0 Å². The molecule has 0 aromatic heterocycles. The van der Waals surface area contributed by atoms with Gasteiger partial charge >= 0.3 is 0 Å². The molecule has 7 nitrogen and oxygen atoms in total. The van der Waals surface area contributed by atoms with E-state index in [9.17, 15) is 4.79 Å². The number of guanidine groups is 1. The zero-order valence-electron chi connectivity index (χ0n) is 15.5. The van der Waals surface area contributed by atoms with Gasteiger partial charge in [0, 0.05) is 32.6 Å². The van der Waals surface area contributed by atoms with E-state index in [0.29, 0.717) is 19.6 Å². The Hall–Kier alpha value is -2.44. The summed E-state index contributed by atoms with van der Waals surface area (Å²) in [6, 6.07) is 5.94. The summed E-state index contributed by atoms with van der Waals surface area (Å²) in [5, 5.41) is 6.15. The van der Waals surface area contributed by atoms with E-state index in [0.717, 1.165) is 29.6 Å². The quantitative estimate of drug-likeness (QED) is 0.445. The molecule has 7 heteroatoms. The van der Waals surface area contributed by atoms with Gasteiger partial charge in [-0.05, 0) is 24.6 Å². The molecule has 0 saturated heterocycles. The first kappa shape index (κ1) is 18.9. The normalized spacial score (nSPS) is 13.1. The van der Waals surface area contributed by atoms with E-state index < -0.39 is 0 Å². The zero-order valence-corrected chi connectivity index (χ0v) is 15.5. The van der Waals surface area contributed by atoms with Gasteiger partial charge in [-0.3, -0.25) is 9.79 Å². The van der Waals surface area contributed by atoms with Gasteiger partial charge in [0.2, 0.25) is 12.7 Å². The number of carbonyl (C=O) groups excluding carboxylic acids is 1. The highest BCUT2D eigenvalue weighted by atomic mass is 16.7. The Labute approximate surface area is 149 Å². The summed E-state index contributed by atoms with van der Waals surface area (Å²) in [5.74, 6) is 2.41. The molecule has 1 heterocycles. The Bertz CT molecular complexity index is 616. The second kappa shape index (κ2) is 9.15. The third-order valence-electron chi connectivity index (χ3n) is 3.75. The third-order valence-corrected chi connectivity index (χ3v) is 3.75. The maximum Gasteiger partial charge on any atom is 0.231 e. The van der Waals surface area contributed by atoms with Crippen molar-refractivity contribution in [1.29, 1.82) is 0 Å². The fourth-order valence-electron chi connectivity index (χ4n) is 2.40. The molecule has 1 aromatic rings. The van der Waals surface area contributed by atoms with E-state index in [1.54, 1.807) is 0 Å². The lowest BCUT2D eigenvalue weighted by atomic mass is 10.2. The van der Waals surface area contributed by atoms with E-state index in [1.165, 1.54) is 0 Å². The molecule has 1 amide bonds. The van der Waals surface area contributed by atoms with Crippen LogP contribution in [0.4, 0.5) is 0 Å². The van der Waals surface area contributed by atoms with Crippen LogP contribution in [0.2, 0.25) is 0 Å². The van der Waals surface area contributed by atoms with Crippen molar-refractivity contribution in [3.8, 4) is 11.5 Å². The first-order chi connectivity index (χ1) is 12.0. The van der Waals surface area contributed by atoms with Gasteiger partial charge in [-0.25, -0.2) is 0 Å². The molecule has 0 atom stereocenters. The van der Waals surface area contributed by atoms with Crippen LogP contribution in [0.25, 0.3) is 0 Å². The van der Waals surface area contributed by atoms with Crippen LogP contribution in [0, 0.1) is 5.92 Å². The van der Waals surface area contributed by atoms with Crippen molar-refractivity contribution in [3.05, 3.63) is 23.8 Å². The Morgan fingerprint density at radius 3 is 2.76 bits per heavy atom. The maximum atomic E-state index is 11.6. The van der Waals surface area contributed by atoms with Crippen LogP contribution in [0.3, 0.4) is 0 Å². The number of nitrogens with zero attached hydrogens (tertiary/aromatic N) is 2. The SMILES string of the molecule is CCNC(=NCCNC(=O)C(C)C)N(C)Cc1ccc2c(c1)OCO2. The molecular formula is C18H28N4O3. The second-order valence-electron chi connectivity index (χ2n) is 6.23. The molecule has 0 aliphatic carbocycles. The minimum Gasteiger partial charge on any atom is -0.454 e. The predicted octanol–water partition coefficient (Wildman–Crippen LogP) is 1.58. The summed E-state index contributed by atoms with van der Waals surface area (Å²) < 4.78 is 10.8. The van der Waals surface area contributed by atoms with Gasteiger partial charge in [0.25, 0.3) is 0 Å². The van der Waals surface area contributed by atoms with Crippen molar-refractivity contribution in [2.24, 2.45) is 10.9 Å². The van der Waals surface area contributed by atoms with Gasteiger partial charge in [0.05, 0.1) is 6.54 Å². The first-order valence-corrected chi connectivity index (χ1v) is 8.67. The standard InChI is InChI=1S/C18H28N4O3/c1-5-19-18(21-9-8-20-17(23)13(2)3)22(4)11-14-6-7-15-16(10-14)25-12-24-15/h6-7,10,13H,5,8-9,11-12H2,1-4H3,(H,19,21)(H,20,23). The van der Waals surface area contributed by atoms with E-state index in [4.69, 9.17) is 9.47 Å². The minimum atomic E-state index is -0.00843. The molecule has 1 aromatic carbocycles. The molecule has 0 bridgehead atoms. The monoisotopic (exact) mass is 348 g/mol.